The third kappa shape index (κ3) is 2.77. The zero-order valence-electron chi connectivity index (χ0n) is 16.1. The smallest absolute Gasteiger partial charge is 0.295 e. The highest BCUT2D eigenvalue weighted by Crippen LogP contribution is 2.38. The monoisotopic (exact) mass is 391 g/mol. The number of nitrogens with zero attached hydrogens (tertiary/aromatic N) is 4. The number of fused-ring (bicyclic) bond motifs is 5. The van der Waals surface area contributed by atoms with Crippen LogP contribution in [0.15, 0.2) is 24.5 Å². The summed E-state index contributed by atoms with van der Waals surface area (Å²) in [6.07, 6.45) is 4.96. The molecule has 1 N–H and O–H groups in total. The van der Waals surface area contributed by atoms with Crippen molar-refractivity contribution < 1.29 is 4.79 Å². The molecule has 1 unspecified atom stereocenters. The molecule has 4 aromatic rings. The van der Waals surface area contributed by atoms with Gasteiger partial charge in [-0.15, -0.1) is 16.4 Å². The minimum absolute atomic E-state index is 0.165. The van der Waals surface area contributed by atoms with Crippen LogP contribution in [-0.2, 0) is 12.8 Å². The van der Waals surface area contributed by atoms with Crippen LogP contribution >= 0.6 is 11.3 Å². The van der Waals surface area contributed by atoms with Crippen molar-refractivity contribution in [3.8, 4) is 0 Å². The Morgan fingerprint density at radius 3 is 3.00 bits per heavy atom. The maximum atomic E-state index is 12.8. The lowest BCUT2D eigenvalue weighted by molar-refractivity contribution is 0.101. The van der Waals surface area contributed by atoms with Crippen LogP contribution in [0, 0.1) is 19.8 Å². The Morgan fingerprint density at radius 1 is 1.32 bits per heavy atom. The quantitative estimate of drug-likeness (QED) is 0.552. The molecule has 3 heterocycles. The lowest BCUT2D eigenvalue weighted by atomic mass is 9.89. The van der Waals surface area contributed by atoms with E-state index in [1.165, 1.54) is 16.9 Å². The second-order valence-corrected chi connectivity index (χ2v) is 8.84. The van der Waals surface area contributed by atoms with Gasteiger partial charge in [-0.2, -0.15) is 0 Å². The van der Waals surface area contributed by atoms with Gasteiger partial charge in [0, 0.05) is 10.6 Å². The first-order valence-electron chi connectivity index (χ1n) is 9.54. The lowest BCUT2D eigenvalue weighted by Gasteiger charge is -2.17. The minimum atomic E-state index is -0.304. The van der Waals surface area contributed by atoms with E-state index in [-0.39, 0.29) is 11.7 Å². The summed E-state index contributed by atoms with van der Waals surface area (Å²) in [7, 11) is 0. The van der Waals surface area contributed by atoms with E-state index in [1.54, 1.807) is 22.2 Å². The molecule has 0 fully saturated rings. The number of amides is 1. The van der Waals surface area contributed by atoms with Gasteiger partial charge in [0.2, 0.25) is 5.82 Å². The molecular weight excluding hydrogens is 370 g/mol. The van der Waals surface area contributed by atoms with Crippen molar-refractivity contribution in [2.45, 2.75) is 40.0 Å². The molecular formula is C21H21N5OS. The van der Waals surface area contributed by atoms with Crippen molar-refractivity contribution in [1.82, 2.24) is 19.6 Å². The molecule has 7 heteroatoms. The molecule has 0 radical (unpaired) electrons. The molecule has 3 aromatic heterocycles. The number of aromatic nitrogens is 4. The molecule has 142 valence electrons. The molecule has 5 rings (SSSR count). The Labute approximate surface area is 166 Å². The van der Waals surface area contributed by atoms with Gasteiger partial charge in [-0.05, 0) is 56.2 Å². The predicted molar refractivity (Wildman–Crippen MR) is 111 cm³/mol. The van der Waals surface area contributed by atoms with Gasteiger partial charge in [-0.25, -0.2) is 14.5 Å². The molecule has 6 nitrogen and oxygen atoms in total. The third-order valence-electron chi connectivity index (χ3n) is 5.47. The molecule has 1 atom stereocenters. The number of carbonyl (C=O) groups is 1. The van der Waals surface area contributed by atoms with Crippen molar-refractivity contribution in [2.24, 2.45) is 5.92 Å². The van der Waals surface area contributed by atoms with Crippen LogP contribution in [-0.4, -0.2) is 25.5 Å². The summed E-state index contributed by atoms with van der Waals surface area (Å²) in [5.41, 5.74) is 5.01. The highest BCUT2D eigenvalue weighted by atomic mass is 32.1. The van der Waals surface area contributed by atoms with Crippen LogP contribution in [0.25, 0.3) is 15.9 Å². The van der Waals surface area contributed by atoms with Gasteiger partial charge in [0.05, 0.1) is 5.39 Å². The van der Waals surface area contributed by atoms with Gasteiger partial charge < -0.3 is 5.32 Å². The molecule has 1 aliphatic carbocycles. The van der Waals surface area contributed by atoms with E-state index >= 15 is 0 Å². The Kier molecular flexibility index (Phi) is 3.94. The molecule has 28 heavy (non-hydrogen) atoms. The van der Waals surface area contributed by atoms with Gasteiger partial charge in [-0.1, -0.05) is 24.6 Å². The minimum Gasteiger partial charge on any atom is -0.319 e. The average Bonchev–Trinajstić information content (AvgIpc) is 3.24. The molecule has 1 amide bonds. The number of benzene rings is 1. The zero-order chi connectivity index (χ0) is 19.4. The highest BCUT2D eigenvalue weighted by Gasteiger charge is 2.24. The SMILES string of the molecule is Cc1ccc(NC(=O)c2nc3c4c5c(sc4ncn3n2)CC(C)CC5)c(C)c1. The van der Waals surface area contributed by atoms with Gasteiger partial charge in [-0.3, -0.25) is 4.79 Å². The number of aryl methyl sites for hydroxylation is 3. The summed E-state index contributed by atoms with van der Waals surface area (Å²) in [6, 6.07) is 5.93. The summed E-state index contributed by atoms with van der Waals surface area (Å²) in [5, 5.41) is 8.38. The van der Waals surface area contributed by atoms with Gasteiger partial charge in [0.15, 0.2) is 5.65 Å². The number of carbonyl (C=O) groups excluding carboxylic acids is 1. The Balaban J connectivity index is 1.56. The number of nitrogens with one attached hydrogen (secondary N) is 1. The summed E-state index contributed by atoms with van der Waals surface area (Å²) in [4.78, 5) is 24.3. The van der Waals surface area contributed by atoms with E-state index in [0.29, 0.717) is 5.92 Å². The summed E-state index contributed by atoms with van der Waals surface area (Å²) in [6.45, 7) is 6.30. The van der Waals surface area contributed by atoms with E-state index in [0.717, 1.165) is 45.5 Å². The van der Waals surface area contributed by atoms with E-state index in [9.17, 15) is 4.79 Å². The number of hydrogen-bond acceptors (Lipinski definition) is 5. The van der Waals surface area contributed by atoms with Crippen LogP contribution in [0.1, 0.15) is 45.5 Å². The number of rotatable bonds is 2. The molecule has 1 aliphatic rings. The Bertz CT molecular complexity index is 1240. The van der Waals surface area contributed by atoms with Crippen LogP contribution in [0.4, 0.5) is 5.69 Å². The summed E-state index contributed by atoms with van der Waals surface area (Å²) < 4.78 is 1.63. The van der Waals surface area contributed by atoms with Crippen molar-refractivity contribution in [3.63, 3.8) is 0 Å². The van der Waals surface area contributed by atoms with Gasteiger partial charge in [0.25, 0.3) is 5.91 Å². The third-order valence-corrected chi connectivity index (χ3v) is 6.63. The topological polar surface area (TPSA) is 72.2 Å². The van der Waals surface area contributed by atoms with Crippen molar-refractivity contribution in [2.75, 3.05) is 5.32 Å². The van der Waals surface area contributed by atoms with Gasteiger partial charge in [0.1, 0.15) is 11.2 Å². The summed E-state index contributed by atoms with van der Waals surface area (Å²) >= 11 is 1.75. The van der Waals surface area contributed by atoms with Gasteiger partial charge >= 0.3 is 0 Å². The van der Waals surface area contributed by atoms with E-state index in [2.05, 4.69) is 27.3 Å². The fraction of sp³-hybridized carbons (Fsp3) is 0.333. The number of thiophene rings is 1. The number of hydrogen-bond donors (Lipinski definition) is 1. The fourth-order valence-corrected chi connectivity index (χ4v) is 5.31. The van der Waals surface area contributed by atoms with E-state index in [4.69, 9.17) is 0 Å². The largest absolute Gasteiger partial charge is 0.319 e. The Hall–Kier alpha value is -2.80. The second kappa shape index (κ2) is 6.38. The lowest BCUT2D eigenvalue weighted by Crippen LogP contribution is -2.14. The standard InChI is InChI=1S/C21H21N5OS/c1-11-5-7-15(13(3)8-11)23-20(27)18-24-19-17-14-6-4-12(2)9-16(14)28-21(17)22-10-26(19)25-18/h5,7-8,10,12H,4,6,9H2,1-3H3,(H,23,27). The molecule has 0 saturated heterocycles. The van der Waals surface area contributed by atoms with Crippen molar-refractivity contribution >= 4 is 38.8 Å². The molecule has 0 aliphatic heterocycles. The molecule has 0 bridgehead atoms. The average molecular weight is 392 g/mol. The number of anilines is 1. The molecule has 0 spiro atoms. The second-order valence-electron chi connectivity index (χ2n) is 7.75. The predicted octanol–water partition coefficient (Wildman–Crippen LogP) is 4.33. The van der Waals surface area contributed by atoms with Crippen LogP contribution in [0.2, 0.25) is 0 Å². The van der Waals surface area contributed by atoms with Crippen LogP contribution < -0.4 is 5.32 Å². The maximum Gasteiger partial charge on any atom is 0.295 e. The van der Waals surface area contributed by atoms with E-state index < -0.39 is 0 Å². The first-order valence-corrected chi connectivity index (χ1v) is 10.4. The first kappa shape index (κ1) is 17.3. The highest BCUT2D eigenvalue weighted by molar-refractivity contribution is 7.19. The first-order chi connectivity index (χ1) is 13.5. The Morgan fingerprint density at radius 2 is 2.18 bits per heavy atom. The van der Waals surface area contributed by atoms with Crippen molar-refractivity contribution in [1.29, 1.82) is 0 Å². The van der Waals surface area contributed by atoms with Crippen LogP contribution in [0.3, 0.4) is 0 Å². The summed E-state index contributed by atoms with van der Waals surface area (Å²) in [5.74, 6) is 0.563. The van der Waals surface area contributed by atoms with Crippen molar-refractivity contribution in [3.05, 3.63) is 51.9 Å². The van der Waals surface area contributed by atoms with Crippen LogP contribution in [0.5, 0.6) is 0 Å². The zero-order valence-corrected chi connectivity index (χ0v) is 16.9. The normalized spacial score (nSPS) is 16.5. The van der Waals surface area contributed by atoms with E-state index in [1.807, 2.05) is 32.0 Å². The molecule has 1 aromatic carbocycles. The molecule has 0 saturated carbocycles. The fourth-order valence-electron chi connectivity index (χ4n) is 3.97. The maximum absolute atomic E-state index is 12.8.